The van der Waals surface area contributed by atoms with Crippen LogP contribution in [-0.2, 0) is 30.2 Å². The van der Waals surface area contributed by atoms with Crippen molar-refractivity contribution >= 4 is 26.1 Å². The fourth-order valence-electron chi connectivity index (χ4n) is 3.28. The third-order valence-electron chi connectivity index (χ3n) is 4.47. The Morgan fingerprint density at radius 2 is 1.96 bits per heavy atom. The Morgan fingerprint density at radius 3 is 2.48 bits per heavy atom. The highest BCUT2D eigenvalue weighted by atomic mass is 32.5. The van der Waals surface area contributed by atoms with Crippen LogP contribution in [0.5, 0.6) is 0 Å². The van der Waals surface area contributed by atoms with Gasteiger partial charge in [-0.1, -0.05) is 0 Å². The van der Waals surface area contributed by atoms with Crippen LogP contribution in [0.3, 0.4) is 0 Å². The maximum absolute atomic E-state index is 12.2. The smallest absolute Gasteiger partial charge is 0.328 e. The van der Waals surface area contributed by atoms with Gasteiger partial charge in [0.15, 0.2) is 0 Å². The highest BCUT2D eigenvalue weighted by Gasteiger charge is 2.48. The van der Waals surface area contributed by atoms with E-state index in [1.54, 1.807) is 0 Å². The number of aromatic nitrogens is 2. The molecule has 1 unspecified atom stereocenters. The van der Waals surface area contributed by atoms with Gasteiger partial charge in [0.05, 0.1) is 18.3 Å². The van der Waals surface area contributed by atoms with E-state index in [1.807, 2.05) is 0 Å². The number of hydrogen-bond acceptors (Lipinski definition) is 7. The van der Waals surface area contributed by atoms with Gasteiger partial charge in [-0.15, -0.1) is 0 Å². The van der Waals surface area contributed by atoms with E-state index in [-0.39, 0.29) is 12.8 Å². The van der Waals surface area contributed by atoms with Crippen molar-refractivity contribution in [1.29, 1.82) is 0 Å². The molecule has 0 radical (unpaired) electrons. The zero-order valence-electron chi connectivity index (χ0n) is 14.6. The van der Waals surface area contributed by atoms with Crippen molar-refractivity contribution in [3.05, 3.63) is 33.1 Å². The Balaban J connectivity index is 2.39. The van der Waals surface area contributed by atoms with Gasteiger partial charge in [-0.3, -0.25) is 18.9 Å². The highest BCUT2D eigenvalue weighted by molar-refractivity contribution is 8.07. The molecule has 1 aromatic heterocycles. The van der Waals surface area contributed by atoms with Crippen molar-refractivity contribution in [3.8, 4) is 0 Å². The summed E-state index contributed by atoms with van der Waals surface area (Å²) in [6.45, 7) is -3.60. The molecule has 0 aliphatic heterocycles. The molecule has 4 N–H and O–H groups in total. The molecule has 1 saturated carbocycles. The van der Waals surface area contributed by atoms with Crippen LogP contribution in [-0.4, -0.2) is 56.8 Å². The summed E-state index contributed by atoms with van der Waals surface area (Å²) in [6, 6.07) is 0.580. The van der Waals surface area contributed by atoms with Crippen LogP contribution in [0.25, 0.3) is 0 Å². The molecule has 1 fully saturated rings. The van der Waals surface area contributed by atoms with E-state index in [0.29, 0.717) is 0 Å². The van der Waals surface area contributed by atoms with Gasteiger partial charge in [0, 0.05) is 26.5 Å². The second kappa shape index (κ2) is 8.77. The summed E-state index contributed by atoms with van der Waals surface area (Å²) < 4.78 is 28.3. The van der Waals surface area contributed by atoms with Crippen LogP contribution in [0.2, 0.25) is 0 Å². The maximum atomic E-state index is 12.2. The molecule has 2 rings (SSSR count). The number of methoxy groups -OCH3 is 1. The molecule has 0 saturated heterocycles. The standard InChI is InChI=1S/C13H22N2O9P2S/c1-22-12-9(15-5-3-10(16)14-13(15)17)7-8(4-6-25(18,19)20)11(12)24-26(21,27)23-2/h3,5,8-9,11-12H,4,6-7H2,1-2H3,(H,21,27)(H,14,16,17)(H2,18,19,20)/t8-,9+,11+,12-,26?/m0/s1. The van der Waals surface area contributed by atoms with E-state index in [4.69, 9.17) is 25.6 Å². The first-order valence-corrected chi connectivity index (χ1v) is 12.3. The van der Waals surface area contributed by atoms with Crippen LogP contribution in [0.4, 0.5) is 0 Å². The van der Waals surface area contributed by atoms with E-state index >= 15 is 0 Å². The zero-order chi connectivity index (χ0) is 20.4. The number of hydrogen-bond donors (Lipinski definition) is 4. The maximum Gasteiger partial charge on any atom is 0.328 e. The normalized spacial score (nSPS) is 28.2. The van der Waals surface area contributed by atoms with Crippen molar-refractivity contribution in [2.24, 2.45) is 5.92 Å². The van der Waals surface area contributed by atoms with Gasteiger partial charge in [-0.2, -0.15) is 0 Å². The summed E-state index contributed by atoms with van der Waals surface area (Å²) in [4.78, 5) is 54.0. The van der Waals surface area contributed by atoms with Crippen LogP contribution < -0.4 is 11.2 Å². The van der Waals surface area contributed by atoms with Gasteiger partial charge in [0.1, 0.15) is 6.10 Å². The van der Waals surface area contributed by atoms with Crippen LogP contribution in [0.1, 0.15) is 18.9 Å². The number of H-pyrrole nitrogens is 1. The summed E-state index contributed by atoms with van der Waals surface area (Å²) >= 11 is 4.89. The van der Waals surface area contributed by atoms with E-state index in [0.717, 1.165) is 0 Å². The van der Waals surface area contributed by atoms with Crippen molar-refractivity contribution in [3.63, 3.8) is 0 Å². The Morgan fingerprint density at radius 1 is 1.30 bits per heavy atom. The average molecular weight is 444 g/mol. The lowest BCUT2D eigenvalue weighted by molar-refractivity contribution is -0.0176. The second-order valence-electron chi connectivity index (χ2n) is 6.18. The molecule has 27 heavy (non-hydrogen) atoms. The van der Waals surface area contributed by atoms with Gasteiger partial charge in [-0.25, -0.2) is 4.79 Å². The first-order chi connectivity index (χ1) is 12.5. The summed E-state index contributed by atoms with van der Waals surface area (Å²) in [5, 5.41) is 0. The van der Waals surface area contributed by atoms with Gasteiger partial charge < -0.3 is 28.5 Å². The number of rotatable bonds is 8. The molecule has 1 aliphatic rings. The molecule has 0 spiro atoms. The third kappa shape index (κ3) is 5.90. The molecular formula is C13H22N2O9P2S. The minimum atomic E-state index is -4.26. The monoisotopic (exact) mass is 444 g/mol. The lowest BCUT2D eigenvalue weighted by atomic mass is 10.0. The van der Waals surface area contributed by atoms with E-state index in [2.05, 4.69) is 4.98 Å². The van der Waals surface area contributed by atoms with Crippen LogP contribution in [0, 0.1) is 5.92 Å². The van der Waals surface area contributed by atoms with E-state index in [1.165, 1.54) is 31.0 Å². The predicted octanol–water partition coefficient (Wildman–Crippen LogP) is -0.0712. The average Bonchev–Trinajstić information content (AvgIpc) is 2.89. The number of aromatic amines is 1. The molecule has 1 aromatic rings. The molecule has 1 heterocycles. The first-order valence-electron chi connectivity index (χ1n) is 7.93. The Kier molecular flexibility index (Phi) is 7.34. The van der Waals surface area contributed by atoms with Crippen molar-refractivity contribution in [2.75, 3.05) is 20.4 Å². The van der Waals surface area contributed by atoms with Crippen molar-refractivity contribution < 1.29 is 33.0 Å². The third-order valence-corrected chi connectivity index (χ3v) is 6.99. The molecule has 0 amide bonds. The van der Waals surface area contributed by atoms with Gasteiger partial charge in [-0.05, 0) is 30.6 Å². The summed E-state index contributed by atoms with van der Waals surface area (Å²) in [6.07, 6.45) is -0.397. The first kappa shape index (κ1) is 22.6. The van der Waals surface area contributed by atoms with E-state index < -0.39 is 55.9 Å². The topological polar surface area (TPSA) is 160 Å². The fourth-order valence-corrected chi connectivity index (χ4v) is 4.93. The molecule has 0 aromatic carbocycles. The van der Waals surface area contributed by atoms with Crippen molar-refractivity contribution in [1.82, 2.24) is 9.55 Å². The minimum Gasteiger partial charge on any atom is -0.377 e. The zero-order valence-corrected chi connectivity index (χ0v) is 17.2. The molecule has 14 heteroatoms. The van der Waals surface area contributed by atoms with Gasteiger partial charge >= 0.3 is 20.0 Å². The predicted molar refractivity (Wildman–Crippen MR) is 99.2 cm³/mol. The molecule has 0 bridgehead atoms. The Hall–Kier alpha value is -0.680. The Labute approximate surface area is 159 Å². The summed E-state index contributed by atoms with van der Waals surface area (Å²) in [5.41, 5.74) is -1.21. The SMILES string of the molecule is CO[C@@H]1[C@H](OP(O)(=S)OC)[C@@H](CCP(=O)(O)O)C[C@H]1n1ccc(=O)[nH]c1=O. The number of nitrogens with one attached hydrogen (secondary N) is 1. The molecule has 5 atom stereocenters. The minimum absolute atomic E-state index is 0.0580. The summed E-state index contributed by atoms with van der Waals surface area (Å²) in [7, 11) is -1.70. The molecule has 1 aliphatic carbocycles. The fraction of sp³-hybridized carbons (Fsp3) is 0.692. The highest BCUT2D eigenvalue weighted by Crippen LogP contribution is 2.52. The number of ether oxygens (including phenoxy) is 1. The Bertz CT molecular complexity index is 866. The largest absolute Gasteiger partial charge is 0.377 e. The van der Waals surface area contributed by atoms with Crippen LogP contribution >= 0.6 is 14.3 Å². The molecule has 154 valence electrons. The van der Waals surface area contributed by atoms with E-state index in [9.17, 15) is 28.8 Å². The lowest BCUT2D eigenvalue weighted by Crippen LogP contribution is -2.38. The molecule has 11 nitrogen and oxygen atoms in total. The lowest BCUT2D eigenvalue weighted by Gasteiger charge is -2.28. The molecular weight excluding hydrogens is 422 g/mol. The number of nitrogens with zero attached hydrogens (tertiary/aromatic N) is 1. The second-order valence-corrected chi connectivity index (χ2v) is 10.9. The summed E-state index contributed by atoms with van der Waals surface area (Å²) in [5.74, 6) is -0.476. The van der Waals surface area contributed by atoms with Gasteiger partial charge in [0.25, 0.3) is 5.56 Å². The van der Waals surface area contributed by atoms with Crippen molar-refractivity contribution in [2.45, 2.75) is 31.1 Å². The van der Waals surface area contributed by atoms with Gasteiger partial charge in [0.2, 0.25) is 0 Å². The van der Waals surface area contributed by atoms with Crippen LogP contribution in [0.15, 0.2) is 21.9 Å². The quantitative estimate of drug-likeness (QED) is 0.400.